The third kappa shape index (κ3) is 2.08. The first kappa shape index (κ1) is 10.9. The highest BCUT2D eigenvalue weighted by Crippen LogP contribution is 2.19. The Balaban J connectivity index is 1.94. The highest BCUT2D eigenvalue weighted by atomic mass is 35.5. The van der Waals surface area contributed by atoms with Gasteiger partial charge < -0.3 is 10.3 Å². The van der Waals surface area contributed by atoms with E-state index >= 15 is 0 Å². The van der Waals surface area contributed by atoms with Crippen LogP contribution in [-0.2, 0) is 0 Å². The van der Waals surface area contributed by atoms with Crippen LogP contribution in [0.1, 0.15) is 0 Å². The summed E-state index contributed by atoms with van der Waals surface area (Å²) in [5, 5.41) is 3.86. The molecule has 0 bridgehead atoms. The van der Waals surface area contributed by atoms with E-state index < -0.39 is 0 Å². The summed E-state index contributed by atoms with van der Waals surface area (Å²) in [5.74, 6) is 0. The van der Waals surface area contributed by atoms with Gasteiger partial charge in [-0.3, -0.25) is 4.98 Å². The summed E-state index contributed by atoms with van der Waals surface area (Å²) in [6, 6.07) is 9.15. The lowest BCUT2D eigenvalue weighted by atomic mass is 10.3. The summed E-state index contributed by atoms with van der Waals surface area (Å²) >= 11 is 5.81. The number of pyridine rings is 1. The number of anilines is 2. The van der Waals surface area contributed by atoms with Gasteiger partial charge in [0.15, 0.2) is 5.65 Å². The fourth-order valence-electron chi connectivity index (χ4n) is 1.69. The van der Waals surface area contributed by atoms with E-state index in [1.54, 1.807) is 18.3 Å². The van der Waals surface area contributed by atoms with Gasteiger partial charge in [-0.15, -0.1) is 0 Å². The molecule has 0 saturated heterocycles. The van der Waals surface area contributed by atoms with Crippen LogP contribution in [-0.4, -0.2) is 15.0 Å². The van der Waals surface area contributed by atoms with Crippen LogP contribution >= 0.6 is 11.6 Å². The summed E-state index contributed by atoms with van der Waals surface area (Å²) in [4.78, 5) is 20.5. The Hall–Kier alpha value is -2.27. The predicted molar refractivity (Wildman–Crippen MR) is 71.4 cm³/mol. The second-order valence-electron chi connectivity index (χ2n) is 3.83. The number of halogens is 1. The van der Waals surface area contributed by atoms with E-state index in [0.29, 0.717) is 16.2 Å². The lowest BCUT2D eigenvalue weighted by molar-refractivity contribution is 1.20. The van der Waals surface area contributed by atoms with Crippen LogP contribution in [0.2, 0.25) is 5.02 Å². The van der Waals surface area contributed by atoms with Crippen molar-refractivity contribution in [1.82, 2.24) is 15.0 Å². The van der Waals surface area contributed by atoms with Gasteiger partial charge in [0.25, 0.3) is 0 Å². The van der Waals surface area contributed by atoms with Crippen LogP contribution in [0.25, 0.3) is 11.2 Å². The Bertz CT molecular complexity index is 745. The van der Waals surface area contributed by atoms with Crippen molar-refractivity contribution in [3.05, 3.63) is 52.0 Å². The molecular formula is C12H9ClN4O. The minimum Gasteiger partial charge on any atom is -0.354 e. The lowest BCUT2D eigenvalue weighted by Crippen LogP contribution is -1.99. The maximum absolute atomic E-state index is 11.1. The molecule has 0 spiro atoms. The zero-order valence-corrected chi connectivity index (χ0v) is 9.95. The van der Waals surface area contributed by atoms with Gasteiger partial charge >= 0.3 is 5.69 Å². The van der Waals surface area contributed by atoms with Gasteiger partial charge in [-0.2, -0.15) is 0 Å². The maximum Gasteiger partial charge on any atom is 0.325 e. The number of aromatic amines is 2. The third-order valence-corrected chi connectivity index (χ3v) is 2.75. The lowest BCUT2D eigenvalue weighted by Gasteiger charge is -2.05. The molecule has 0 amide bonds. The van der Waals surface area contributed by atoms with Gasteiger partial charge in [-0.1, -0.05) is 11.6 Å². The molecule has 18 heavy (non-hydrogen) atoms. The summed E-state index contributed by atoms with van der Waals surface area (Å²) in [7, 11) is 0. The zero-order valence-electron chi connectivity index (χ0n) is 9.20. The Morgan fingerprint density at radius 2 is 1.89 bits per heavy atom. The van der Waals surface area contributed by atoms with Crippen LogP contribution in [0.3, 0.4) is 0 Å². The molecular weight excluding hydrogens is 252 g/mol. The molecule has 0 unspecified atom stereocenters. The van der Waals surface area contributed by atoms with Crippen LogP contribution < -0.4 is 11.0 Å². The Labute approximate surface area is 107 Å². The molecule has 5 nitrogen and oxygen atoms in total. The smallest absolute Gasteiger partial charge is 0.325 e. The molecule has 0 aliphatic carbocycles. The normalized spacial score (nSPS) is 10.7. The number of benzene rings is 1. The van der Waals surface area contributed by atoms with Crippen molar-refractivity contribution >= 4 is 34.1 Å². The first-order valence-electron chi connectivity index (χ1n) is 5.31. The molecule has 90 valence electrons. The summed E-state index contributed by atoms with van der Waals surface area (Å²) < 4.78 is 0. The van der Waals surface area contributed by atoms with E-state index in [1.165, 1.54) is 0 Å². The molecule has 0 atom stereocenters. The van der Waals surface area contributed by atoms with Crippen LogP contribution in [0, 0.1) is 0 Å². The molecule has 6 heteroatoms. The first-order valence-corrected chi connectivity index (χ1v) is 5.69. The van der Waals surface area contributed by atoms with Crippen molar-refractivity contribution in [3.63, 3.8) is 0 Å². The predicted octanol–water partition coefficient (Wildman–Crippen LogP) is 2.65. The number of nitrogens with zero attached hydrogens (tertiary/aromatic N) is 1. The van der Waals surface area contributed by atoms with Crippen LogP contribution in [0.4, 0.5) is 11.4 Å². The molecule has 0 aliphatic rings. The van der Waals surface area contributed by atoms with Gasteiger partial charge in [0.2, 0.25) is 0 Å². The topological polar surface area (TPSA) is 73.6 Å². The Kier molecular flexibility index (Phi) is 2.53. The average Bonchev–Trinajstić information content (AvgIpc) is 2.71. The molecule has 3 N–H and O–H groups in total. The van der Waals surface area contributed by atoms with Crippen LogP contribution in [0.15, 0.2) is 41.3 Å². The van der Waals surface area contributed by atoms with E-state index in [9.17, 15) is 4.79 Å². The van der Waals surface area contributed by atoms with Gasteiger partial charge in [0.05, 0.1) is 17.4 Å². The fraction of sp³-hybridized carbons (Fsp3) is 0. The maximum atomic E-state index is 11.1. The fourth-order valence-corrected chi connectivity index (χ4v) is 1.81. The van der Waals surface area contributed by atoms with Crippen molar-refractivity contribution in [2.45, 2.75) is 0 Å². The highest BCUT2D eigenvalue weighted by Gasteiger charge is 2.01. The number of aromatic nitrogens is 3. The first-order chi connectivity index (χ1) is 8.70. The second kappa shape index (κ2) is 4.19. The number of rotatable bonds is 2. The SMILES string of the molecule is O=c1[nH]c2cc(Nc3ccc(Cl)cc3)cnc2[nH]1. The van der Waals surface area contributed by atoms with Gasteiger partial charge in [0, 0.05) is 10.7 Å². The average molecular weight is 261 g/mol. The van der Waals surface area contributed by atoms with Crippen molar-refractivity contribution in [3.8, 4) is 0 Å². The molecule has 0 radical (unpaired) electrons. The Morgan fingerprint density at radius 3 is 2.67 bits per heavy atom. The van der Waals surface area contributed by atoms with Crippen molar-refractivity contribution < 1.29 is 0 Å². The zero-order chi connectivity index (χ0) is 12.5. The van der Waals surface area contributed by atoms with Crippen molar-refractivity contribution in [1.29, 1.82) is 0 Å². The number of nitrogens with one attached hydrogen (secondary N) is 3. The molecule has 3 aromatic rings. The van der Waals surface area contributed by atoms with E-state index in [4.69, 9.17) is 11.6 Å². The second-order valence-corrected chi connectivity index (χ2v) is 4.27. The molecule has 0 aliphatic heterocycles. The molecule has 0 saturated carbocycles. The number of H-pyrrole nitrogens is 2. The third-order valence-electron chi connectivity index (χ3n) is 2.50. The summed E-state index contributed by atoms with van der Waals surface area (Å²) in [5.41, 5.74) is 2.64. The number of hydrogen-bond acceptors (Lipinski definition) is 3. The minimum atomic E-state index is -0.263. The van der Waals surface area contributed by atoms with E-state index in [1.807, 2.05) is 18.2 Å². The number of hydrogen-bond donors (Lipinski definition) is 3. The highest BCUT2D eigenvalue weighted by molar-refractivity contribution is 6.30. The van der Waals surface area contributed by atoms with E-state index in [2.05, 4.69) is 20.3 Å². The molecule has 0 fully saturated rings. The molecule has 2 aromatic heterocycles. The van der Waals surface area contributed by atoms with Gasteiger partial charge in [0.1, 0.15) is 0 Å². The van der Waals surface area contributed by atoms with Crippen LogP contribution in [0.5, 0.6) is 0 Å². The number of fused-ring (bicyclic) bond motifs is 1. The van der Waals surface area contributed by atoms with E-state index in [0.717, 1.165) is 11.4 Å². The molecule has 3 rings (SSSR count). The summed E-state index contributed by atoms with van der Waals surface area (Å²) in [6.07, 6.45) is 1.65. The molecule has 1 aromatic carbocycles. The van der Waals surface area contributed by atoms with Crippen molar-refractivity contribution in [2.24, 2.45) is 0 Å². The summed E-state index contributed by atoms with van der Waals surface area (Å²) in [6.45, 7) is 0. The monoisotopic (exact) mass is 260 g/mol. The van der Waals surface area contributed by atoms with E-state index in [-0.39, 0.29) is 5.69 Å². The molecule has 2 heterocycles. The largest absolute Gasteiger partial charge is 0.354 e. The minimum absolute atomic E-state index is 0.263. The number of imidazole rings is 1. The van der Waals surface area contributed by atoms with Gasteiger partial charge in [-0.05, 0) is 30.3 Å². The quantitative estimate of drug-likeness (QED) is 0.663. The van der Waals surface area contributed by atoms with Crippen molar-refractivity contribution in [2.75, 3.05) is 5.32 Å². The van der Waals surface area contributed by atoms with Gasteiger partial charge in [-0.25, -0.2) is 9.78 Å². The standard InChI is InChI=1S/C12H9ClN4O/c13-7-1-3-8(4-2-7)15-9-5-10-11(14-6-9)17-12(18)16-10/h1-6,15H,(H2,14,16,17,18). The Morgan fingerprint density at radius 1 is 1.11 bits per heavy atom.